The number of para-hydroxylation sites is 1. The van der Waals surface area contributed by atoms with Crippen LogP contribution in [0.25, 0.3) is 0 Å². The summed E-state index contributed by atoms with van der Waals surface area (Å²) in [6.07, 6.45) is 2.35. The Bertz CT molecular complexity index is 747. The molecule has 2 aromatic rings. The van der Waals surface area contributed by atoms with Crippen molar-refractivity contribution in [2.45, 2.75) is 39.0 Å². The van der Waals surface area contributed by atoms with Crippen molar-refractivity contribution in [1.29, 1.82) is 0 Å². The number of aromatic nitrogens is 2. The molecule has 0 spiro atoms. The van der Waals surface area contributed by atoms with Gasteiger partial charge in [0.1, 0.15) is 5.01 Å². The zero-order valence-corrected chi connectivity index (χ0v) is 15.3. The molecule has 0 aliphatic carbocycles. The molecule has 0 radical (unpaired) electrons. The van der Waals surface area contributed by atoms with Gasteiger partial charge in [0.2, 0.25) is 16.9 Å². The summed E-state index contributed by atoms with van der Waals surface area (Å²) in [5.41, 5.74) is 0.828. The normalized spacial score (nSPS) is 18.4. The second kappa shape index (κ2) is 7.74. The van der Waals surface area contributed by atoms with E-state index < -0.39 is 0 Å². The molecular weight excluding hydrogens is 336 g/mol. The summed E-state index contributed by atoms with van der Waals surface area (Å²) in [4.78, 5) is 26.4. The van der Waals surface area contributed by atoms with E-state index in [0.717, 1.165) is 23.5 Å². The van der Waals surface area contributed by atoms with Crippen molar-refractivity contribution in [2.75, 3.05) is 16.8 Å². The Labute approximate surface area is 151 Å². The summed E-state index contributed by atoms with van der Waals surface area (Å²) in [5.74, 6) is -0.221. The van der Waals surface area contributed by atoms with E-state index in [2.05, 4.69) is 29.4 Å². The second-order valence-electron chi connectivity index (χ2n) is 6.37. The lowest BCUT2D eigenvalue weighted by molar-refractivity contribution is -0.122. The van der Waals surface area contributed by atoms with Crippen molar-refractivity contribution >= 4 is 34.0 Å². The highest BCUT2D eigenvalue weighted by Gasteiger charge is 2.35. The molecule has 0 bridgehead atoms. The fourth-order valence-electron chi connectivity index (χ4n) is 2.99. The molecule has 3 rings (SSSR count). The quantitative estimate of drug-likeness (QED) is 0.858. The number of anilines is 2. The minimum atomic E-state index is -0.367. The monoisotopic (exact) mass is 358 g/mol. The maximum absolute atomic E-state index is 12.5. The summed E-state index contributed by atoms with van der Waals surface area (Å²) < 4.78 is 0. The number of hydrogen-bond acceptors (Lipinski definition) is 5. The van der Waals surface area contributed by atoms with Crippen LogP contribution >= 0.6 is 11.3 Å². The Balaban J connectivity index is 1.62. The van der Waals surface area contributed by atoms with Gasteiger partial charge in [-0.25, -0.2) is 0 Å². The van der Waals surface area contributed by atoms with Gasteiger partial charge in [0, 0.05) is 24.6 Å². The fraction of sp³-hybridized carbons (Fsp3) is 0.444. The molecule has 7 heteroatoms. The topological polar surface area (TPSA) is 75.2 Å². The van der Waals surface area contributed by atoms with Crippen LogP contribution in [-0.4, -0.2) is 28.6 Å². The van der Waals surface area contributed by atoms with E-state index in [-0.39, 0.29) is 24.2 Å². The van der Waals surface area contributed by atoms with E-state index in [1.807, 2.05) is 30.3 Å². The van der Waals surface area contributed by atoms with Crippen LogP contribution in [-0.2, 0) is 9.59 Å². The molecule has 132 valence electrons. The number of hydrogen-bond donors (Lipinski definition) is 1. The van der Waals surface area contributed by atoms with Gasteiger partial charge in [0.15, 0.2) is 0 Å². The van der Waals surface area contributed by atoms with Crippen molar-refractivity contribution in [2.24, 2.45) is 5.92 Å². The summed E-state index contributed by atoms with van der Waals surface area (Å²) in [7, 11) is 0. The molecule has 2 amide bonds. The highest BCUT2D eigenvalue weighted by atomic mass is 32.1. The number of carbonyl (C=O) groups is 2. The molecule has 25 heavy (non-hydrogen) atoms. The van der Waals surface area contributed by atoms with E-state index in [4.69, 9.17) is 0 Å². The molecule has 1 aromatic heterocycles. The first-order valence-corrected chi connectivity index (χ1v) is 9.39. The average molecular weight is 358 g/mol. The van der Waals surface area contributed by atoms with Gasteiger partial charge in [-0.15, -0.1) is 10.2 Å². The Hall–Kier alpha value is -2.28. The third-order valence-electron chi connectivity index (χ3n) is 4.38. The first-order chi connectivity index (χ1) is 12.1. The van der Waals surface area contributed by atoms with E-state index >= 15 is 0 Å². The molecule has 1 fully saturated rings. The third kappa shape index (κ3) is 4.04. The van der Waals surface area contributed by atoms with Gasteiger partial charge in [0.25, 0.3) is 0 Å². The van der Waals surface area contributed by atoms with Crippen LogP contribution < -0.4 is 10.2 Å². The van der Waals surface area contributed by atoms with E-state index in [0.29, 0.717) is 17.6 Å². The van der Waals surface area contributed by atoms with Crippen LogP contribution in [0.4, 0.5) is 10.8 Å². The van der Waals surface area contributed by atoms with Crippen molar-refractivity contribution in [3.05, 3.63) is 35.3 Å². The maximum Gasteiger partial charge on any atom is 0.231 e. The van der Waals surface area contributed by atoms with E-state index in [1.165, 1.54) is 11.3 Å². The molecule has 1 aliphatic heterocycles. The van der Waals surface area contributed by atoms with Gasteiger partial charge in [-0.1, -0.05) is 49.8 Å². The summed E-state index contributed by atoms with van der Waals surface area (Å²) in [6.45, 7) is 4.64. The molecule has 1 N–H and O–H groups in total. The van der Waals surface area contributed by atoms with Gasteiger partial charge >= 0.3 is 0 Å². The van der Waals surface area contributed by atoms with Crippen LogP contribution in [0.1, 0.15) is 44.0 Å². The van der Waals surface area contributed by atoms with Gasteiger partial charge in [0.05, 0.1) is 5.92 Å². The summed E-state index contributed by atoms with van der Waals surface area (Å²) in [5, 5.41) is 12.5. The van der Waals surface area contributed by atoms with Crippen molar-refractivity contribution in [1.82, 2.24) is 10.2 Å². The minimum Gasteiger partial charge on any atom is -0.312 e. The molecule has 2 atom stereocenters. The second-order valence-corrected chi connectivity index (χ2v) is 7.37. The smallest absolute Gasteiger partial charge is 0.231 e. The van der Waals surface area contributed by atoms with E-state index in [1.54, 1.807) is 4.90 Å². The van der Waals surface area contributed by atoms with Crippen LogP contribution in [0, 0.1) is 5.92 Å². The van der Waals surface area contributed by atoms with Crippen LogP contribution in [0.15, 0.2) is 30.3 Å². The lowest BCUT2D eigenvalue weighted by atomic mass is 10.1. The number of nitrogens with one attached hydrogen (secondary N) is 1. The van der Waals surface area contributed by atoms with Gasteiger partial charge in [-0.3, -0.25) is 9.59 Å². The van der Waals surface area contributed by atoms with Crippen LogP contribution in [0.5, 0.6) is 0 Å². The molecular formula is C18H22N4O2S. The molecule has 1 aliphatic rings. The first kappa shape index (κ1) is 17.5. The minimum absolute atomic E-state index is 0.0270. The lowest BCUT2D eigenvalue weighted by Crippen LogP contribution is -2.28. The molecule has 6 nitrogen and oxygen atoms in total. The number of amides is 2. The Morgan fingerprint density at radius 2 is 2.12 bits per heavy atom. The summed E-state index contributed by atoms with van der Waals surface area (Å²) in [6, 6.07) is 9.43. The lowest BCUT2D eigenvalue weighted by Gasteiger charge is -2.16. The zero-order valence-electron chi connectivity index (χ0n) is 14.4. The number of benzene rings is 1. The molecule has 1 aromatic carbocycles. The van der Waals surface area contributed by atoms with Crippen molar-refractivity contribution in [3.63, 3.8) is 0 Å². The number of rotatable bonds is 6. The predicted octanol–water partition coefficient (Wildman–Crippen LogP) is 3.43. The van der Waals surface area contributed by atoms with E-state index in [9.17, 15) is 9.59 Å². The number of carbonyl (C=O) groups excluding carboxylic acids is 2. The van der Waals surface area contributed by atoms with Crippen LogP contribution in [0.2, 0.25) is 0 Å². The van der Waals surface area contributed by atoms with Gasteiger partial charge in [-0.05, 0) is 18.6 Å². The van der Waals surface area contributed by atoms with Gasteiger partial charge in [-0.2, -0.15) is 0 Å². The summed E-state index contributed by atoms with van der Waals surface area (Å²) >= 11 is 1.41. The Morgan fingerprint density at radius 3 is 2.84 bits per heavy atom. The van der Waals surface area contributed by atoms with Crippen molar-refractivity contribution in [3.8, 4) is 0 Å². The SMILES string of the molecule is CCC[C@H](C)c1nnc(NC(=O)[C@H]2CC(=O)N(c3ccccc3)C2)s1. The fourth-order valence-corrected chi connectivity index (χ4v) is 3.82. The molecule has 0 saturated carbocycles. The standard InChI is InChI=1S/C18H22N4O2S/c1-3-7-12(2)17-20-21-18(25-17)19-16(24)13-10-15(23)22(11-13)14-8-5-4-6-9-14/h4-6,8-9,12-13H,3,7,10-11H2,1-2H3,(H,19,21,24)/t12-,13-/m0/s1. The highest BCUT2D eigenvalue weighted by Crippen LogP contribution is 2.28. The maximum atomic E-state index is 12.5. The van der Waals surface area contributed by atoms with Crippen molar-refractivity contribution < 1.29 is 9.59 Å². The number of nitrogens with zero attached hydrogens (tertiary/aromatic N) is 3. The van der Waals surface area contributed by atoms with Gasteiger partial charge < -0.3 is 10.2 Å². The Morgan fingerprint density at radius 1 is 1.36 bits per heavy atom. The molecule has 0 unspecified atom stereocenters. The highest BCUT2D eigenvalue weighted by molar-refractivity contribution is 7.15. The van der Waals surface area contributed by atoms with Crippen LogP contribution in [0.3, 0.4) is 0 Å². The molecule has 1 saturated heterocycles. The average Bonchev–Trinajstić information content (AvgIpc) is 3.23. The first-order valence-electron chi connectivity index (χ1n) is 8.58. The zero-order chi connectivity index (χ0) is 17.8. The third-order valence-corrected chi connectivity index (χ3v) is 5.45. The Kier molecular flexibility index (Phi) is 5.43. The largest absolute Gasteiger partial charge is 0.312 e. The molecule has 2 heterocycles. The predicted molar refractivity (Wildman–Crippen MR) is 98.8 cm³/mol.